The Morgan fingerprint density at radius 1 is 1.50 bits per heavy atom. The molecule has 1 heterocycles. The molecule has 0 bridgehead atoms. The normalized spacial score (nSPS) is 10.1. The largest absolute Gasteiger partial charge is 0.376 e. The van der Waals surface area contributed by atoms with Crippen LogP contribution in [0.3, 0.4) is 0 Å². The predicted molar refractivity (Wildman–Crippen MR) is 64.9 cm³/mol. The Bertz CT molecular complexity index is 523. The molecule has 0 spiro atoms. The maximum atomic E-state index is 5.39. The average molecular weight is 234 g/mol. The molecular weight excluding hydrogens is 224 g/mol. The van der Waals surface area contributed by atoms with Crippen molar-refractivity contribution in [3.05, 3.63) is 30.1 Å². The quantitative estimate of drug-likeness (QED) is 0.770. The maximum absolute atomic E-state index is 5.39. The Hall–Kier alpha value is -1.95. The Kier molecular flexibility index (Phi) is 2.82. The molecule has 0 atom stereocenters. The van der Waals surface area contributed by atoms with Crippen LogP contribution in [0.2, 0.25) is 0 Å². The van der Waals surface area contributed by atoms with E-state index in [1.165, 1.54) is 0 Å². The highest BCUT2D eigenvalue weighted by atomic mass is 32.1. The zero-order valence-corrected chi connectivity index (χ0v) is 9.41. The number of nitrogens with one attached hydrogen (secondary N) is 1. The fraction of sp³-hybridized carbons (Fsp3) is 0.100. The van der Waals surface area contributed by atoms with Gasteiger partial charge in [-0.1, -0.05) is 11.2 Å². The third-order valence-electron chi connectivity index (χ3n) is 1.90. The van der Waals surface area contributed by atoms with E-state index in [2.05, 4.69) is 15.5 Å². The summed E-state index contributed by atoms with van der Waals surface area (Å²) >= 11 is 4.76. The monoisotopic (exact) mass is 234 g/mol. The van der Waals surface area contributed by atoms with Gasteiger partial charge in [-0.25, -0.2) is 0 Å². The summed E-state index contributed by atoms with van der Waals surface area (Å²) in [4.78, 5) is 4.13. The standard InChI is InChI=1S/C10H10N4OS/c1-6-12-9(15-14-6)7-3-2-4-8(5-7)13-10(11)16/h2-5H,1H3,(H3,11,13,16). The number of anilines is 1. The molecular formula is C10H10N4OS. The molecule has 1 aromatic carbocycles. The van der Waals surface area contributed by atoms with E-state index in [-0.39, 0.29) is 5.11 Å². The average Bonchev–Trinajstić information content (AvgIpc) is 2.64. The Morgan fingerprint density at radius 2 is 2.31 bits per heavy atom. The fourth-order valence-electron chi connectivity index (χ4n) is 1.29. The molecule has 16 heavy (non-hydrogen) atoms. The first-order chi connectivity index (χ1) is 7.65. The Balaban J connectivity index is 2.32. The zero-order chi connectivity index (χ0) is 11.5. The summed E-state index contributed by atoms with van der Waals surface area (Å²) in [5.74, 6) is 1.08. The number of aromatic nitrogens is 2. The van der Waals surface area contributed by atoms with Crippen LogP contribution < -0.4 is 11.1 Å². The molecule has 0 aliphatic carbocycles. The van der Waals surface area contributed by atoms with Crippen molar-refractivity contribution in [2.24, 2.45) is 5.73 Å². The van der Waals surface area contributed by atoms with Crippen LogP contribution in [-0.4, -0.2) is 15.3 Å². The molecule has 0 aliphatic heterocycles. The second-order valence-electron chi connectivity index (χ2n) is 3.22. The van der Waals surface area contributed by atoms with Gasteiger partial charge in [0, 0.05) is 11.3 Å². The lowest BCUT2D eigenvalue weighted by atomic mass is 10.2. The van der Waals surface area contributed by atoms with Crippen molar-refractivity contribution in [3.63, 3.8) is 0 Å². The smallest absolute Gasteiger partial charge is 0.257 e. The van der Waals surface area contributed by atoms with Crippen LogP contribution in [0.1, 0.15) is 5.82 Å². The number of hydrogen-bond donors (Lipinski definition) is 2. The van der Waals surface area contributed by atoms with Crippen LogP contribution in [0, 0.1) is 6.92 Å². The minimum Gasteiger partial charge on any atom is -0.376 e. The van der Waals surface area contributed by atoms with Crippen LogP contribution in [-0.2, 0) is 0 Å². The van der Waals surface area contributed by atoms with Crippen LogP contribution >= 0.6 is 12.2 Å². The van der Waals surface area contributed by atoms with E-state index in [0.29, 0.717) is 11.7 Å². The van der Waals surface area contributed by atoms with Gasteiger partial charge in [0.15, 0.2) is 10.9 Å². The van der Waals surface area contributed by atoms with Crippen LogP contribution in [0.5, 0.6) is 0 Å². The lowest BCUT2D eigenvalue weighted by Crippen LogP contribution is -2.18. The van der Waals surface area contributed by atoms with Gasteiger partial charge in [-0.05, 0) is 37.3 Å². The van der Waals surface area contributed by atoms with E-state index in [1.54, 1.807) is 6.92 Å². The third kappa shape index (κ3) is 2.34. The molecule has 0 fully saturated rings. The minimum atomic E-state index is 0.221. The summed E-state index contributed by atoms with van der Waals surface area (Å²) in [5, 5.41) is 6.79. The van der Waals surface area contributed by atoms with Gasteiger partial charge in [0.1, 0.15) is 0 Å². The van der Waals surface area contributed by atoms with E-state index >= 15 is 0 Å². The number of benzene rings is 1. The summed E-state index contributed by atoms with van der Waals surface area (Å²) in [6, 6.07) is 7.42. The molecule has 0 saturated carbocycles. The van der Waals surface area contributed by atoms with Crippen LogP contribution in [0.4, 0.5) is 5.69 Å². The number of rotatable bonds is 2. The molecule has 0 unspecified atom stereocenters. The zero-order valence-electron chi connectivity index (χ0n) is 8.60. The summed E-state index contributed by atoms with van der Waals surface area (Å²) in [6.07, 6.45) is 0. The van der Waals surface area contributed by atoms with Crippen molar-refractivity contribution < 1.29 is 4.52 Å². The summed E-state index contributed by atoms with van der Waals surface area (Å²) < 4.78 is 5.06. The molecule has 0 amide bonds. The SMILES string of the molecule is Cc1noc(-c2cccc(NC(N)=S)c2)n1. The first-order valence-corrected chi connectivity index (χ1v) is 5.03. The number of nitrogens with two attached hydrogens (primary N) is 1. The van der Waals surface area contributed by atoms with Crippen molar-refractivity contribution in [2.75, 3.05) is 5.32 Å². The maximum Gasteiger partial charge on any atom is 0.257 e. The van der Waals surface area contributed by atoms with E-state index in [4.69, 9.17) is 22.5 Å². The van der Waals surface area contributed by atoms with Crippen molar-refractivity contribution in [1.29, 1.82) is 0 Å². The number of hydrogen-bond acceptors (Lipinski definition) is 4. The van der Waals surface area contributed by atoms with E-state index in [0.717, 1.165) is 11.3 Å². The molecule has 0 aliphatic rings. The first-order valence-electron chi connectivity index (χ1n) is 4.62. The summed E-state index contributed by atoms with van der Waals surface area (Å²) in [5.41, 5.74) is 7.00. The molecule has 5 nitrogen and oxygen atoms in total. The van der Waals surface area contributed by atoms with E-state index in [1.807, 2.05) is 24.3 Å². The van der Waals surface area contributed by atoms with Gasteiger partial charge in [-0.2, -0.15) is 4.98 Å². The van der Waals surface area contributed by atoms with Gasteiger partial charge < -0.3 is 15.6 Å². The Morgan fingerprint density at radius 3 is 2.94 bits per heavy atom. The Labute approximate surface area is 97.7 Å². The molecule has 2 rings (SSSR count). The second kappa shape index (κ2) is 4.28. The van der Waals surface area contributed by atoms with Crippen molar-refractivity contribution >= 4 is 23.0 Å². The van der Waals surface area contributed by atoms with Gasteiger partial charge >= 0.3 is 0 Å². The third-order valence-corrected chi connectivity index (χ3v) is 2.01. The number of thiocarbonyl (C=S) groups is 1. The lowest BCUT2D eigenvalue weighted by Gasteiger charge is -2.03. The molecule has 0 saturated heterocycles. The molecule has 82 valence electrons. The highest BCUT2D eigenvalue weighted by Crippen LogP contribution is 2.20. The van der Waals surface area contributed by atoms with Gasteiger partial charge in [0.25, 0.3) is 5.89 Å². The molecule has 0 radical (unpaired) electrons. The fourth-order valence-corrected chi connectivity index (χ4v) is 1.40. The molecule has 1 aromatic heterocycles. The number of nitrogens with zero attached hydrogens (tertiary/aromatic N) is 2. The topological polar surface area (TPSA) is 77.0 Å². The second-order valence-corrected chi connectivity index (χ2v) is 3.66. The highest BCUT2D eigenvalue weighted by Gasteiger charge is 2.06. The first kappa shape index (κ1) is 10.6. The summed E-state index contributed by atoms with van der Waals surface area (Å²) in [6.45, 7) is 1.77. The molecule has 6 heteroatoms. The lowest BCUT2D eigenvalue weighted by molar-refractivity contribution is 0.425. The van der Waals surface area contributed by atoms with E-state index < -0.39 is 0 Å². The van der Waals surface area contributed by atoms with Gasteiger partial charge in [-0.3, -0.25) is 0 Å². The van der Waals surface area contributed by atoms with Gasteiger partial charge in [-0.15, -0.1) is 0 Å². The predicted octanol–water partition coefficient (Wildman–Crippen LogP) is 1.70. The number of aryl methyl sites for hydroxylation is 1. The highest BCUT2D eigenvalue weighted by molar-refractivity contribution is 7.80. The van der Waals surface area contributed by atoms with Gasteiger partial charge in [0.2, 0.25) is 0 Å². The van der Waals surface area contributed by atoms with Crippen LogP contribution in [0.25, 0.3) is 11.5 Å². The molecule has 3 N–H and O–H groups in total. The van der Waals surface area contributed by atoms with E-state index in [9.17, 15) is 0 Å². The van der Waals surface area contributed by atoms with Crippen molar-refractivity contribution in [2.45, 2.75) is 6.92 Å². The molecule has 2 aromatic rings. The minimum absolute atomic E-state index is 0.221. The van der Waals surface area contributed by atoms with Crippen LogP contribution in [0.15, 0.2) is 28.8 Å². The van der Waals surface area contributed by atoms with Crippen molar-refractivity contribution in [1.82, 2.24) is 10.1 Å². The van der Waals surface area contributed by atoms with Crippen molar-refractivity contribution in [3.8, 4) is 11.5 Å². The van der Waals surface area contributed by atoms with Gasteiger partial charge in [0.05, 0.1) is 0 Å². The summed E-state index contributed by atoms with van der Waals surface area (Å²) in [7, 11) is 0.